The van der Waals surface area contributed by atoms with Crippen molar-refractivity contribution >= 4 is 6.20 Å². The molecular weight excluding hydrogens is 182 g/mol. The van der Waals surface area contributed by atoms with E-state index in [0.29, 0.717) is 0 Å². The summed E-state index contributed by atoms with van der Waals surface area (Å²) in [6, 6.07) is 0.187. The summed E-state index contributed by atoms with van der Waals surface area (Å²) in [7, 11) is 2.01. The predicted molar refractivity (Wildman–Crippen MR) is 51.8 cm³/mol. The van der Waals surface area contributed by atoms with Crippen LogP contribution in [0.1, 0.15) is 13.0 Å². The van der Waals surface area contributed by atoms with Crippen LogP contribution in [-0.2, 0) is 0 Å². The molecule has 2 heterocycles. The molecule has 1 aromatic rings. The SMILES string of the molecule is C/C=C\n1nnn(C2CN(C)C2)c1=O. The Hall–Kier alpha value is -1.43. The highest BCUT2D eigenvalue weighted by Crippen LogP contribution is 2.14. The van der Waals surface area contributed by atoms with E-state index in [2.05, 4.69) is 15.3 Å². The van der Waals surface area contributed by atoms with Gasteiger partial charge in [0.05, 0.1) is 6.04 Å². The van der Waals surface area contributed by atoms with E-state index in [1.54, 1.807) is 12.3 Å². The first-order valence-corrected chi connectivity index (χ1v) is 4.57. The Morgan fingerprint density at radius 3 is 2.71 bits per heavy atom. The number of allylic oxidation sites excluding steroid dienone is 1. The topological polar surface area (TPSA) is 56.0 Å². The Morgan fingerprint density at radius 2 is 2.14 bits per heavy atom. The van der Waals surface area contributed by atoms with Gasteiger partial charge in [0.1, 0.15) is 0 Å². The third kappa shape index (κ3) is 1.37. The lowest BCUT2D eigenvalue weighted by Crippen LogP contribution is -2.48. The number of likely N-dealkylation sites (tertiary alicyclic amines) is 1. The van der Waals surface area contributed by atoms with E-state index >= 15 is 0 Å². The van der Waals surface area contributed by atoms with E-state index in [-0.39, 0.29) is 11.7 Å². The average molecular weight is 195 g/mol. The summed E-state index contributed by atoms with van der Waals surface area (Å²) in [6.07, 6.45) is 3.36. The molecule has 0 atom stereocenters. The molecular formula is C8H13N5O. The van der Waals surface area contributed by atoms with Gasteiger partial charge in [-0.1, -0.05) is 6.08 Å². The van der Waals surface area contributed by atoms with E-state index in [9.17, 15) is 4.79 Å². The van der Waals surface area contributed by atoms with Crippen molar-refractivity contribution in [3.63, 3.8) is 0 Å². The van der Waals surface area contributed by atoms with Crippen molar-refractivity contribution in [1.82, 2.24) is 24.7 Å². The molecule has 0 aliphatic carbocycles. The Labute approximate surface area is 81.4 Å². The fourth-order valence-electron chi connectivity index (χ4n) is 1.55. The molecule has 14 heavy (non-hydrogen) atoms. The quantitative estimate of drug-likeness (QED) is 0.633. The summed E-state index contributed by atoms with van der Waals surface area (Å²) in [5.74, 6) is 0. The molecule has 0 bridgehead atoms. The molecule has 2 rings (SSSR count). The zero-order chi connectivity index (χ0) is 10.1. The van der Waals surface area contributed by atoms with Crippen LogP contribution in [-0.4, -0.2) is 44.8 Å². The van der Waals surface area contributed by atoms with Crippen molar-refractivity contribution in [2.24, 2.45) is 0 Å². The smallest absolute Gasteiger partial charge is 0.302 e. The summed E-state index contributed by atoms with van der Waals surface area (Å²) in [5.41, 5.74) is -0.166. The number of hydrogen-bond acceptors (Lipinski definition) is 4. The maximum atomic E-state index is 11.6. The minimum Gasteiger partial charge on any atom is -0.302 e. The molecule has 0 amide bonds. The molecule has 6 nitrogen and oxygen atoms in total. The molecule has 1 saturated heterocycles. The second kappa shape index (κ2) is 3.38. The van der Waals surface area contributed by atoms with Crippen LogP contribution in [0, 0.1) is 0 Å². The van der Waals surface area contributed by atoms with E-state index in [1.165, 1.54) is 9.36 Å². The molecule has 0 spiro atoms. The molecule has 1 fully saturated rings. The van der Waals surface area contributed by atoms with Gasteiger partial charge in [0.25, 0.3) is 0 Å². The Balaban J connectivity index is 2.24. The fourth-order valence-corrected chi connectivity index (χ4v) is 1.55. The Kier molecular flexibility index (Phi) is 2.20. The van der Waals surface area contributed by atoms with Gasteiger partial charge < -0.3 is 4.90 Å². The van der Waals surface area contributed by atoms with Crippen LogP contribution in [0.4, 0.5) is 0 Å². The minimum absolute atomic E-state index is 0.166. The fraction of sp³-hybridized carbons (Fsp3) is 0.625. The predicted octanol–water partition coefficient (Wildman–Crippen LogP) is -0.583. The maximum absolute atomic E-state index is 11.6. The molecule has 6 heteroatoms. The van der Waals surface area contributed by atoms with Crippen LogP contribution >= 0.6 is 0 Å². The standard InChI is InChI=1S/C8H13N5O/c1-3-4-12-8(14)13(10-9-12)7-5-11(2)6-7/h3-4,7H,5-6H2,1-2H3/b4-3-. The van der Waals surface area contributed by atoms with Gasteiger partial charge in [-0.2, -0.15) is 9.36 Å². The third-order valence-electron chi connectivity index (χ3n) is 2.31. The summed E-state index contributed by atoms with van der Waals surface area (Å²) in [6.45, 7) is 3.57. The molecule has 1 aliphatic heterocycles. The Morgan fingerprint density at radius 1 is 1.43 bits per heavy atom. The molecule has 0 unspecified atom stereocenters. The van der Waals surface area contributed by atoms with E-state index in [4.69, 9.17) is 0 Å². The van der Waals surface area contributed by atoms with Crippen LogP contribution in [0.25, 0.3) is 6.20 Å². The van der Waals surface area contributed by atoms with Crippen LogP contribution in [0.2, 0.25) is 0 Å². The zero-order valence-corrected chi connectivity index (χ0v) is 8.29. The van der Waals surface area contributed by atoms with E-state index in [0.717, 1.165) is 13.1 Å². The highest BCUT2D eigenvalue weighted by molar-refractivity contribution is 5.16. The van der Waals surface area contributed by atoms with Gasteiger partial charge in [0.15, 0.2) is 0 Å². The summed E-state index contributed by atoms with van der Waals surface area (Å²) in [4.78, 5) is 13.8. The van der Waals surface area contributed by atoms with E-state index in [1.807, 2.05) is 14.0 Å². The summed E-state index contributed by atoms with van der Waals surface area (Å²) >= 11 is 0. The molecule has 0 radical (unpaired) electrons. The molecule has 76 valence electrons. The maximum Gasteiger partial charge on any atom is 0.368 e. The van der Waals surface area contributed by atoms with Gasteiger partial charge in [-0.25, -0.2) is 4.79 Å². The van der Waals surface area contributed by atoms with Crippen molar-refractivity contribution in [2.75, 3.05) is 20.1 Å². The molecule has 1 aliphatic rings. The van der Waals surface area contributed by atoms with Crippen LogP contribution in [0.15, 0.2) is 10.9 Å². The first-order chi connectivity index (χ1) is 6.72. The lowest BCUT2D eigenvalue weighted by atomic mass is 10.1. The van der Waals surface area contributed by atoms with Crippen LogP contribution in [0.5, 0.6) is 0 Å². The lowest BCUT2D eigenvalue weighted by molar-refractivity contribution is 0.126. The highest BCUT2D eigenvalue weighted by atomic mass is 16.2. The summed E-state index contributed by atoms with van der Waals surface area (Å²) in [5, 5.41) is 7.58. The minimum atomic E-state index is -0.166. The average Bonchev–Trinajstić information content (AvgIpc) is 2.44. The molecule has 0 N–H and O–H groups in total. The number of nitrogens with zero attached hydrogens (tertiary/aromatic N) is 5. The molecule has 1 aromatic heterocycles. The van der Waals surface area contributed by atoms with Crippen molar-refractivity contribution in [2.45, 2.75) is 13.0 Å². The number of tetrazole rings is 1. The second-order valence-electron chi connectivity index (χ2n) is 3.51. The van der Waals surface area contributed by atoms with Gasteiger partial charge in [-0.3, -0.25) is 0 Å². The normalized spacial score (nSPS) is 19.0. The van der Waals surface area contributed by atoms with Gasteiger partial charge in [0, 0.05) is 19.3 Å². The first kappa shape index (κ1) is 9.14. The summed E-state index contributed by atoms with van der Waals surface area (Å²) < 4.78 is 2.69. The molecule has 0 saturated carbocycles. The van der Waals surface area contributed by atoms with Gasteiger partial charge in [-0.15, -0.1) is 0 Å². The van der Waals surface area contributed by atoms with E-state index < -0.39 is 0 Å². The van der Waals surface area contributed by atoms with Crippen LogP contribution < -0.4 is 5.69 Å². The number of hydrogen-bond donors (Lipinski definition) is 0. The van der Waals surface area contributed by atoms with Gasteiger partial charge in [0.2, 0.25) is 0 Å². The monoisotopic (exact) mass is 195 g/mol. The number of rotatable bonds is 2. The highest BCUT2D eigenvalue weighted by Gasteiger charge is 2.27. The van der Waals surface area contributed by atoms with Gasteiger partial charge in [-0.05, 0) is 24.4 Å². The second-order valence-corrected chi connectivity index (χ2v) is 3.51. The van der Waals surface area contributed by atoms with Crippen molar-refractivity contribution < 1.29 is 0 Å². The van der Waals surface area contributed by atoms with Crippen molar-refractivity contribution in [1.29, 1.82) is 0 Å². The van der Waals surface area contributed by atoms with Crippen molar-refractivity contribution in [3.05, 3.63) is 16.6 Å². The lowest BCUT2D eigenvalue weighted by Gasteiger charge is -2.34. The first-order valence-electron chi connectivity index (χ1n) is 4.57. The largest absolute Gasteiger partial charge is 0.368 e. The number of aromatic nitrogens is 4. The zero-order valence-electron chi connectivity index (χ0n) is 8.29. The Bertz CT molecular complexity index is 398. The van der Waals surface area contributed by atoms with Gasteiger partial charge >= 0.3 is 5.69 Å². The number of likely N-dealkylation sites (N-methyl/N-ethyl adjacent to an activating group) is 1. The van der Waals surface area contributed by atoms with Crippen LogP contribution in [0.3, 0.4) is 0 Å². The third-order valence-corrected chi connectivity index (χ3v) is 2.31. The molecule has 0 aromatic carbocycles. The van der Waals surface area contributed by atoms with Crippen molar-refractivity contribution in [3.8, 4) is 0 Å².